The number of para-hydroxylation sites is 1. The van der Waals surface area contributed by atoms with Crippen molar-refractivity contribution in [1.82, 2.24) is 0 Å². The second-order valence-electron chi connectivity index (χ2n) is 6.08. The minimum Gasteiger partial charge on any atom is -0.481 e. The number of aldehydes is 1. The fraction of sp³-hybridized carbons (Fsp3) is 0.286. The largest absolute Gasteiger partial charge is 0.481 e. The molecule has 1 amide bonds. The zero-order valence-corrected chi connectivity index (χ0v) is 15.4. The molecular formula is C21H23NO5. The van der Waals surface area contributed by atoms with Gasteiger partial charge in [0.2, 0.25) is 0 Å². The van der Waals surface area contributed by atoms with Crippen LogP contribution in [0, 0.1) is 0 Å². The van der Waals surface area contributed by atoms with Crippen molar-refractivity contribution in [3.8, 4) is 5.75 Å². The standard InChI is InChI=1S/C21H23NO5/c1-3-15(2)16-8-10-18(11-9-16)22-20(24)13-27-21(25)14-26-19-7-5-4-6-17(19)12-23/h4-12,15H,3,13-14H2,1-2H3,(H,22,24)/t15-/m1/s1. The third kappa shape index (κ3) is 6.26. The number of nitrogens with one attached hydrogen (secondary N) is 1. The number of amides is 1. The summed E-state index contributed by atoms with van der Waals surface area (Å²) in [6.07, 6.45) is 1.68. The second kappa shape index (κ2) is 10.1. The van der Waals surface area contributed by atoms with Crippen molar-refractivity contribution in [2.45, 2.75) is 26.2 Å². The molecule has 27 heavy (non-hydrogen) atoms. The summed E-state index contributed by atoms with van der Waals surface area (Å²) in [7, 11) is 0. The average Bonchev–Trinajstić information content (AvgIpc) is 2.70. The summed E-state index contributed by atoms with van der Waals surface area (Å²) in [4.78, 5) is 34.5. The highest BCUT2D eigenvalue weighted by Gasteiger charge is 2.11. The number of anilines is 1. The van der Waals surface area contributed by atoms with E-state index in [9.17, 15) is 14.4 Å². The zero-order chi connectivity index (χ0) is 19.6. The first-order valence-electron chi connectivity index (χ1n) is 8.76. The number of ether oxygens (including phenoxy) is 2. The molecular weight excluding hydrogens is 346 g/mol. The van der Waals surface area contributed by atoms with Crippen molar-refractivity contribution in [3.63, 3.8) is 0 Å². The van der Waals surface area contributed by atoms with Crippen LogP contribution in [0.3, 0.4) is 0 Å². The minimum atomic E-state index is -0.696. The molecule has 0 spiro atoms. The van der Waals surface area contributed by atoms with Gasteiger partial charge in [-0.15, -0.1) is 0 Å². The molecule has 6 nitrogen and oxygen atoms in total. The molecule has 2 aromatic rings. The highest BCUT2D eigenvalue weighted by Crippen LogP contribution is 2.20. The van der Waals surface area contributed by atoms with E-state index in [2.05, 4.69) is 19.2 Å². The van der Waals surface area contributed by atoms with Gasteiger partial charge >= 0.3 is 5.97 Å². The Morgan fingerprint density at radius 1 is 1.07 bits per heavy atom. The number of benzene rings is 2. The van der Waals surface area contributed by atoms with E-state index in [4.69, 9.17) is 9.47 Å². The van der Waals surface area contributed by atoms with Gasteiger partial charge in [0.15, 0.2) is 19.5 Å². The van der Waals surface area contributed by atoms with Gasteiger partial charge in [0, 0.05) is 5.69 Å². The van der Waals surface area contributed by atoms with Crippen LogP contribution in [0.25, 0.3) is 0 Å². The Bertz CT molecular complexity index is 785. The third-order valence-corrected chi connectivity index (χ3v) is 4.13. The lowest BCUT2D eigenvalue weighted by atomic mass is 9.99. The van der Waals surface area contributed by atoms with Gasteiger partial charge in [-0.25, -0.2) is 4.79 Å². The number of esters is 1. The Labute approximate surface area is 158 Å². The first-order valence-corrected chi connectivity index (χ1v) is 8.76. The van der Waals surface area contributed by atoms with E-state index < -0.39 is 18.5 Å². The molecule has 2 aromatic carbocycles. The van der Waals surface area contributed by atoms with Gasteiger partial charge in [0.25, 0.3) is 5.91 Å². The molecule has 0 heterocycles. The van der Waals surface area contributed by atoms with Crippen LogP contribution in [-0.4, -0.2) is 31.4 Å². The predicted molar refractivity (Wildman–Crippen MR) is 102 cm³/mol. The molecule has 0 aromatic heterocycles. The van der Waals surface area contributed by atoms with Crippen LogP contribution in [0.2, 0.25) is 0 Å². The molecule has 0 saturated carbocycles. The maximum atomic E-state index is 11.9. The van der Waals surface area contributed by atoms with E-state index in [0.29, 0.717) is 23.5 Å². The van der Waals surface area contributed by atoms with Crippen molar-refractivity contribution >= 4 is 23.9 Å². The van der Waals surface area contributed by atoms with E-state index in [1.54, 1.807) is 24.3 Å². The Morgan fingerprint density at radius 2 is 1.78 bits per heavy atom. The fourth-order valence-electron chi connectivity index (χ4n) is 2.36. The topological polar surface area (TPSA) is 81.7 Å². The van der Waals surface area contributed by atoms with Crippen molar-refractivity contribution in [2.24, 2.45) is 0 Å². The molecule has 0 saturated heterocycles. The second-order valence-corrected chi connectivity index (χ2v) is 6.08. The van der Waals surface area contributed by atoms with Crippen LogP contribution in [0.1, 0.15) is 42.1 Å². The smallest absolute Gasteiger partial charge is 0.344 e. The van der Waals surface area contributed by atoms with Crippen LogP contribution in [-0.2, 0) is 14.3 Å². The summed E-state index contributed by atoms with van der Waals surface area (Å²) >= 11 is 0. The molecule has 0 aliphatic rings. The molecule has 6 heteroatoms. The number of carbonyl (C=O) groups is 3. The fourth-order valence-corrected chi connectivity index (χ4v) is 2.36. The van der Waals surface area contributed by atoms with E-state index in [0.717, 1.165) is 6.42 Å². The van der Waals surface area contributed by atoms with Crippen molar-refractivity contribution in [3.05, 3.63) is 59.7 Å². The molecule has 1 atom stereocenters. The highest BCUT2D eigenvalue weighted by molar-refractivity contribution is 5.92. The highest BCUT2D eigenvalue weighted by atomic mass is 16.6. The molecule has 2 rings (SSSR count). The molecule has 0 radical (unpaired) electrons. The van der Waals surface area contributed by atoms with Crippen molar-refractivity contribution in [2.75, 3.05) is 18.5 Å². The van der Waals surface area contributed by atoms with Gasteiger partial charge in [-0.1, -0.05) is 38.1 Å². The van der Waals surface area contributed by atoms with Crippen molar-refractivity contribution in [1.29, 1.82) is 0 Å². The minimum absolute atomic E-state index is 0.287. The predicted octanol–water partition coefficient (Wildman–Crippen LogP) is 3.57. The van der Waals surface area contributed by atoms with Gasteiger partial charge in [-0.2, -0.15) is 0 Å². The van der Waals surface area contributed by atoms with E-state index in [1.807, 2.05) is 24.3 Å². The van der Waals surface area contributed by atoms with Gasteiger partial charge in [-0.3, -0.25) is 9.59 Å². The lowest BCUT2D eigenvalue weighted by molar-refractivity contribution is -0.149. The van der Waals surface area contributed by atoms with Crippen molar-refractivity contribution < 1.29 is 23.9 Å². The average molecular weight is 369 g/mol. The number of hydrogen-bond donors (Lipinski definition) is 1. The lowest BCUT2D eigenvalue weighted by Crippen LogP contribution is -2.23. The first-order chi connectivity index (χ1) is 13.0. The van der Waals surface area contributed by atoms with Gasteiger partial charge in [0.05, 0.1) is 5.56 Å². The Balaban J connectivity index is 1.76. The summed E-state index contributed by atoms with van der Waals surface area (Å²) in [6, 6.07) is 14.1. The molecule has 0 aliphatic carbocycles. The Kier molecular flexibility index (Phi) is 7.55. The molecule has 0 aliphatic heterocycles. The number of hydrogen-bond acceptors (Lipinski definition) is 5. The first kappa shape index (κ1) is 20.2. The van der Waals surface area contributed by atoms with Crippen LogP contribution in [0.5, 0.6) is 5.75 Å². The van der Waals surface area contributed by atoms with Gasteiger partial charge < -0.3 is 14.8 Å². The normalized spacial score (nSPS) is 11.3. The molecule has 0 bridgehead atoms. The summed E-state index contributed by atoms with van der Waals surface area (Å²) in [6.45, 7) is 3.46. The summed E-state index contributed by atoms with van der Waals surface area (Å²) in [5.74, 6) is -0.388. The third-order valence-electron chi connectivity index (χ3n) is 4.13. The molecule has 1 N–H and O–H groups in total. The number of carbonyl (C=O) groups excluding carboxylic acids is 3. The van der Waals surface area contributed by atoms with Crippen LogP contribution >= 0.6 is 0 Å². The van der Waals surface area contributed by atoms with Crippen LogP contribution < -0.4 is 10.1 Å². The van der Waals surface area contributed by atoms with Crippen LogP contribution in [0.4, 0.5) is 5.69 Å². The Morgan fingerprint density at radius 3 is 2.44 bits per heavy atom. The summed E-state index contributed by atoms with van der Waals surface area (Å²) in [5, 5.41) is 2.67. The van der Waals surface area contributed by atoms with E-state index in [-0.39, 0.29) is 12.4 Å². The molecule has 0 fully saturated rings. The summed E-state index contributed by atoms with van der Waals surface area (Å²) < 4.78 is 10.1. The maximum Gasteiger partial charge on any atom is 0.344 e. The van der Waals surface area contributed by atoms with Gasteiger partial charge in [0.1, 0.15) is 5.75 Å². The van der Waals surface area contributed by atoms with Gasteiger partial charge in [-0.05, 0) is 42.2 Å². The molecule has 0 unspecified atom stereocenters. The van der Waals surface area contributed by atoms with Crippen LogP contribution in [0.15, 0.2) is 48.5 Å². The van der Waals surface area contributed by atoms with E-state index in [1.165, 1.54) is 5.56 Å². The number of rotatable bonds is 9. The zero-order valence-electron chi connectivity index (χ0n) is 15.4. The quantitative estimate of drug-likeness (QED) is 0.540. The maximum absolute atomic E-state index is 11.9. The SMILES string of the molecule is CC[C@@H](C)c1ccc(NC(=O)COC(=O)COc2ccccc2C=O)cc1. The monoisotopic (exact) mass is 369 g/mol. The lowest BCUT2D eigenvalue weighted by Gasteiger charge is -2.11. The molecule has 142 valence electrons. The van der Waals surface area contributed by atoms with E-state index >= 15 is 0 Å². The Hall–Kier alpha value is -3.15. The summed E-state index contributed by atoms with van der Waals surface area (Å²) in [5.41, 5.74) is 2.18.